The van der Waals surface area contributed by atoms with Gasteiger partial charge in [-0.25, -0.2) is 4.98 Å². The number of nitrogens with zero attached hydrogens (tertiary/aromatic N) is 3. The fourth-order valence-corrected chi connectivity index (χ4v) is 3.82. The standard InChI is InChI=1S/C22H25N5O3/c1-28-18-9-15(10-19(29-2)20(18)30-3)13-4-5-17-14(8-13)6-7-27(17)12-16-11-25-22(24)26-21(16)23/h4-5,8-11H,6-7,12H2,1-3H3,(H4,23,24,25,26). The van der Waals surface area contributed by atoms with Gasteiger partial charge in [-0.1, -0.05) is 6.07 Å². The van der Waals surface area contributed by atoms with E-state index in [9.17, 15) is 0 Å². The molecule has 0 bridgehead atoms. The van der Waals surface area contributed by atoms with Crippen LogP contribution in [0.4, 0.5) is 17.5 Å². The molecule has 1 aliphatic rings. The highest BCUT2D eigenvalue weighted by atomic mass is 16.5. The molecule has 4 N–H and O–H groups in total. The molecule has 0 saturated carbocycles. The molecule has 0 atom stereocenters. The normalized spacial score (nSPS) is 12.6. The van der Waals surface area contributed by atoms with Crippen LogP contribution < -0.4 is 30.6 Å². The van der Waals surface area contributed by atoms with Gasteiger partial charge in [-0.2, -0.15) is 4.98 Å². The molecule has 0 radical (unpaired) electrons. The Labute approximate surface area is 175 Å². The Hall–Kier alpha value is -3.68. The number of benzene rings is 2. The van der Waals surface area contributed by atoms with Gasteiger partial charge in [0, 0.05) is 30.5 Å². The van der Waals surface area contributed by atoms with Crippen molar-refractivity contribution in [3.63, 3.8) is 0 Å². The van der Waals surface area contributed by atoms with E-state index in [0.29, 0.717) is 29.6 Å². The summed E-state index contributed by atoms with van der Waals surface area (Å²) in [7, 11) is 4.84. The maximum absolute atomic E-state index is 6.01. The van der Waals surface area contributed by atoms with Crippen molar-refractivity contribution in [2.75, 3.05) is 44.2 Å². The van der Waals surface area contributed by atoms with Crippen LogP contribution in [0.2, 0.25) is 0 Å². The molecule has 0 aliphatic carbocycles. The van der Waals surface area contributed by atoms with E-state index >= 15 is 0 Å². The number of ether oxygens (including phenoxy) is 3. The molecule has 2 heterocycles. The lowest BCUT2D eigenvalue weighted by atomic mass is 10.0. The van der Waals surface area contributed by atoms with Gasteiger partial charge in [-0.15, -0.1) is 0 Å². The van der Waals surface area contributed by atoms with E-state index in [2.05, 4.69) is 33.1 Å². The van der Waals surface area contributed by atoms with Crippen LogP contribution in [-0.4, -0.2) is 37.8 Å². The summed E-state index contributed by atoms with van der Waals surface area (Å²) in [5, 5.41) is 0. The van der Waals surface area contributed by atoms with Crippen LogP contribution in [-0.2, 0) is 13.0 Å². The van der Waals surface area contributed by atoms with Crippen LogP contribution in [0.3, 0.4) is 0 Å². The first-order chi connectivity index (χ1) is 14.5. The van der Waals surface area contributed by atoms with Crippen molar-refractivity contribution < 1.29 is 14.2 Å². The molecule has 30 heavy (non-hydrogen) atoms. The topological polar surface area (TPSA) is 109 Å². The van der Waals surface area contributed by atoms with E-state index in [1.807, 2.05) is 12.1 Å². The van der Waals surface area contributed by atoms with Gasteiger partial charge in [0.05, 0.1) is 21.3 Å². The fourth-order valence-electron chi connectivity index (χ4n) is 3.82. The van der Waals surface area contributed by atoms with Crippen LogP contribution in [0.5, 0.6) is 17.2 Å². The van der Waals surface area contributed by atoms with Crippen LogP contribution in [0, 0.1) is 0 Å². The SMILES string of the molecule is COc1cc(-c2ccc3c(c2)CCN3Cc2cnc(N)nc2N)cc(OC)c1OC. The quantitative estimate of drug-likeness (QED) is 0.642. The van der Waals surface area contributed by atoms with Crippen molar-refractivity contribution in [3.05, 3.63) is 47.7 Å². The summed E-state index contributed by atoms with van der Waals surface area (Å²) in [4.78, 5) is 10.4. The molecule has 156 valence electrons. The number of anilines is 3. The van der Waals surface area contributed by atoms with Gasteiger partial charge < -0.3 is 30.6 Å². The molecule has 4 rings (SSSR count). The number of aromatic nitrogens is 2. The van der Waals surface area contributed by atoms with Crippen molar-refractivity contribution in [1.29, 1.82) is 0 Å². The monoisotopic (exact) mass is 407 g/mol. The lowest BCUT2D eigenvalue weighted by molar-refractivity contribution is 0.324. The zero-order chi connectivity index (χ0) is 21.3. The first-order valence-corrected chi connectivity index (χ1v) is 9.59. The number of hydrogen-bond donors (Lipinski definition) is 2. The van der Waals surface area contributed by atoms with Crippen LogP contribution in [0.15, 0.2) is 36.5 Å². The van der Waals surface area contributed by atoms with Crippen LogP contribution in [0.25, 0.3) is 11.1 Å². The Kier molecular flexibility index (Phi) is 5.22. The minimum absolute atomic E-state index is 0.188. The second-order valence-corrected chi connectivity index (χ2v) is 7.07. The fraction of sp³-hybridized carbons (Fsp3) is 0.273. The maximum Gasteiger partial charge on any atom is 0.221 e. The summed E-state index contributed by atoms with van der Waals surface area (Å²) < 4.78 is 16.4. The molecule has 8 heteroatoms. The minimum Gasteiger partial charge on any atom is -0.493 e. The largest absolute Gasteiger partial charge is 0.493 e. The smallest absolute Gasteiger partial charge is 0.221 e. The molecule has 0 saturated heterocycles. The number of methoxy groups -OCH3 is 3. The molecule has 0 amide bonds. The number of rotatable bonds is 6. The molecule has 0 spiro atoms. The van der Waals surface area contributed by atoms with Crippen LogP contribution >= 0.6 is 0 Å². The average molecular weight is 407 g/mol. The third-order valence-electron chi connectivity index (χ3n) is 5.35. The van der Waals surface area contributed by atoms with Gasteiger partial charge in [0.2, 0.25) is 11.7 Å². The molecule has 1 aromatic heterocycles. The van der Waals surface area contributed by atoms with Crippen molar-refractivity contribution in [1.82, 2.24) is 9.97 Å². The van der Waals surface area contributed by atoms with E-state index < -0.39 is 0 Å². The second-order valence-electron chi connectivity index (χ2n) is 7.07. The lowest BCUT2D eigenvalue weighted by Crippen LogP contribution is -2.21. The molecule has 0 fully saturated rings. The Morgan fingerprint density at radius 1 is 0.967 bits per heavy atom. The van der Waals surface area contributed by atoms with Gasteiger partial charge >= 0.3 is 0 Å². The van der Waals surface area contributed by atoms with Crippen molar-refractivity contribution >= 4 is 17.5 Å². The number of hydrogen-bond acceptors (Lipinski definition) is 8. The van der Waals surface area contributed by atoms with Gasteiger partial charge in [0.25, 0.3) is 0 Å². The van der Waals surface area contributed by atoms with E-state index in [1.165, 1.54) is 11.3 Å². The van der Waals surface area contributed by atoms with Gasteiger partial charge in [0.1, 0.15) is 5.82 Å². The Morgan fingerprint density at radius 3 is 2.33 bits per heavy atom. The number of fused-ring (bicyclic) bond motifs is 1. The van der Waals surface area contributed by atoms with Crippen molar-refractivity contribution in [2.45, 2.75) is 13.0 Å². The first-order valence-electron chi connectivity index (χ1n) is 9.59. The Morgan fingerprint density at radius 2 is 1.70 bits per heavy atom. The van der Waals surface area contributed by atoms with Gasteiger partial charge in [-0.3, -0.25) is 0 Å². The number of nitrogen functional groups attached to an aromatic ring is 2. The predicted octanol–water partition coefficient (Wildman–Crippen LogP) is 2.90. The zero-order valence-corrected chi connectivity index (χ0v) is 17.3. The minimum atomic E-state index is 0.188. The second kappa shape index (κ2) is 7.98. The highest BCUT2D eigenvalue weighted by Gasteiger charge is 2.22. The summed E-state index contributed by atoms with van der Waals surface area (Å²) in [5.74, 6) is 2.46. The average Bonchev–Trinajstić information content (AvgIpc) is 3.16. The van der Waals surface area contributed by atoms with Gasteiger partial charge in [0.15, 0.2) is 11.5 Å². The van der Waals surface area contributed by atoms with E-state index in [0.717, 1.165) is 29.7 Å². The first kappa shape index (κ1) is 19.6. The molecular weight excluding hydrogens is 382 g/mol. The Balaban J connectivity index is 1.64. The van der Waals surface area contributed by atoms with Crippen LogP contribution in [0.1, 0.15) is 11.1 Å². The molecule has 1 aliphatic heterocycles. The maximum atomic E-state index is 6.01. The summed E-state index contributed by atoms with van der Waals surface area (Å²) >= 11 is 0. The van der Waals surface area contributed by atoms with E-state index in [1.54, 1.807) is 27.5 Å². The third-order valence-corrected chi connectivity index (χ3v) is 5.35. The van der Waals surface area contributed by atoms with E-state index in [-0.39, 0.29) is 5.95 Å². The molecule has 8 nitrogen and oxygen atoms in total. The number of nitrogens with two attached hydrogens (primary N) is 2. The molecule has 3 aromatic rings. The molecular formula is C22H25N5O3. The summed E-state index contributed by atoms with van der Waals surface area (Å²) in [6.45, 7) is 1.54. The van der Waals surface area contributed by atoms with E-state index in [4.69, 9.17) is 25.7 Å². The van der Waals surface area contributed by atoms with Crippen molar-refractivity contribution in [2.24, 2.45) is 0 Å². The Bertz CT molecular complexity index is 1060. The lowest BCUT2D eigenvalue weighted by Gasteiger charge is -2.20. The summed E-state index contributed by atoms with van der Waals surface area (Å²) in [6.07, 6.45) is 2.64. The third kappa shape index (κ3) is 3.52. The zero-order valence-electron chi connectivity index (χ0n) is 17.3. The van der Waals surface area contributed by atoms with Gasteiger partial charge in [-0.05, 0) is 47.4 Å². The summed E-state index contributed by atoms with van der Waals surface area (Å²) in [5.41, 5.74) is 17.0. The highest BCUT2D eigenvalue weighted by molar-refractivity contribution is 5.75. The summed E-state index contributed by atoms with van der Waals surface area (Å²) in [6, 6.07) is 10.4. The molecule has 0 unspecified atom stereocenters. The highest BCUT2D eigenvalue weighted by Crippen LogP contribution is 2.42. The predicted molar refractivity (Wildman–Crippen MR) is 117 cm³/mol. The van der Waals surface area contributed by atoms with Crippen molar-refractivity contribution in [3.8, 4) is 28.4 Å². The molecule has 2 aromatic carbocycles.